The molecule has 2 rings (SSSR count). The van der Waals surface area contributed by atoms with Crippen molar-refractivity contribution in [1.82, 2.24) is 4.31 Å². The highest BCUT2D eigenvalue weighted by molar-refractivity contribution is 7.89. The Balaban J connectivity index is 2.37. The van der Waals surface area contributed by atoms with Crippen LogP contribution in [0.15, 0.2) is 23.1 Å². The Morgan fingerprint density at radius 3 is 2.81 bits per heavy atom. The molecule has 0 radical (unpaired) electrons. The van der Waals surface area contributed by atoms with E-state index < -0.39 is 10.0 Å². The predicted octanol–water partition coefficient (Wildman–Crippen LogP) is 1.81. The van der Waals surface area contributed by atoms with Gasteiger partial charge >= 0.3 is 0 Å². The monoisotopic (exact) mass is 332 g/mol. The maximum atomic E-state index is 12.8. The molecule has 1 aromatic carbocycles. The quantitative estimate of drug-likeness (QED) is 0.912. The third kappa shape index (κ3) is 3.57. The first-order valence-corrected chi connectivity index (χ1v) is 8.79. The molecular formula is C14H21ClN2O3S. The van der Waals surface area contributed by atoms with E-state index in [0.29, 0.717) is 19.7 Å². The molecule has 0 bridgehead atoms. The summed E-state index contributed by atoms with van der Waals surface area (Å²) in [5, 5.41) is 0.246. The SMILES string of the molecule is CC(C)c1ccc(Cl)c(S(=O)(=O)N2CCOC(CN)C2)c1. The molecule has 1 aliphatic rings. The van der Waals surface area contributed by atoms with Gasteiger partial charge in [-0.25, -0.2) is 8.42 Å². The van der Waals surface area contributed by atoms with Gasteiger partial charge in [0.05, 0.1) is 17.7 Å². The Morgan fingerprint density at radius 2 is 2.19 bits per heavy atom. The van der Waals surface area contributed by atoms with Crippen LogP contribution in [-0.2, 0) is 14.8 Å². The first kappa shape index (κ1) is 16.7. The van der Waals surface area contributed by atoms with Crippen LogP contribution in [-0.4, -0.2) is 45.1 Å². The maximum Gasteiger partial charge on any atom is 0.244 e. The minimum Gasteiger partial charge on any atom is -0.374 e. The lowest BCUT2D eigenvalue weighted by molar-refractivity contribution is 0.00450. The number of nitrogens with zero attached hydrogens (tertiary/aromatic N) is 1. The van der Waals surface area contributed by atoms with Crippen LogP contribution in [0, 0.1) is 0 Å². The second-order valence-electron chi connectivity index (χ2n) is 5.44. The van der Waals surface area contributed by atoms with Crippen molar-refractivity contribution in [2.45, 2.75) is 30.8 Å². The summed E-state index contributed by atoms with van der Waals surface area (Å²) >= 11 is 6.11. The van der Waals surface area contributed by atoms with Gasteiger partial charge in [0.2, 0.25) is 10.0 Å². The summed E-state index contributed by atoms with van der Waals surface area (Å²) in [7, 11) is -3.63. The number of rotatable bonds is 4. The van der Waals surface area contributed by atoms with E-state index in [1.807, 2.05) is 19.9 Å². The van der Waals surface area contributed by atoms with E-state index in [1.165, 1.54) is 4.31 Å². The first-order valence-electron chi connectivity index (χ1n) is 6.97. The number of benzene rings is 1. The van der Waals surface area contributed by atoms with Crippen molar-refractivity contribution < 1.29 is 13.2 Å². The minimum absolute atomic E-state index is 0.160. The van der Waals surface area contributed by atoms with Crippen LogP contribution in [0.5, 0.6) is 0 Å². The lowest BCUT2D eigenvalue weighted by Crippen LogP contribution is -2.48. The second-order valence-corrected chi connectivity index (χ2v) is 7.75. The van der Waals surface area contributed by atoms with Crippen molar-refractivity contribution >= 4 is 21.6 Å². The Morgan fingerprint density at radius 1 is 1.48 bits per heavy atom. The molecule has 0 spiro atoms. The molecule has 0 saturated carbocycles. The lowest BCUT2D eigenvalue weighted by atomic mass is 10.0. The van der Waals surface area contributed by atoms with Crippen molar-refractivity contribution in [1.29, 1.82) is 0 Å². The number of hydrogen-bond acceptors (Lipinski definition) is 4. The highest BCUT2D eigenvalue weighted by atomic mass is 35.5. The zero-order valence-corrected chi connectivity index (χ0v) is 13.8. The van der Waals surface area contributed by atoms with Crippen LogP contribution < -0.4 is 5.73 Å². The fourth-order valence-electron chi connectivity index (χ4n) is 2.27. The van der Waals surface area contributed by atoms with Crippen molar-refractivity contribution in [2.75, 3.05) is 26.2 Å². The smallest absolute Gasteiger partial charge is 0.244 e. The molecule has 1 heterocycles. The number of sulfonamides is 1. The van der Waals surface area contributed by atoms with Gasteiger partial charge in [-0.2, -0.15) is 4.31 Å². The van der Waals surface area contributed by atoms with Crippen LogP contribution in [0.2, 0.25) is 5.02 Å². The van der Waals surface area contributed by atoms with Crippen LogP contribution >= 0.6 is 11.6 Å². The van der Waals surface area contributed by atoms with Gasteiger partial charge in [0.25, 0.3) is 0 Å². The summed E-state index contributed by atoms with van der Waals surface area (Å²) in [5.74, 6) is 0.234. The number of hydrogen-bond donors (Lipinski definition) is 1. The first-order chi connectivity index (χ1) is 9.86. The molecule has 1 aromatic rings. The van der Waals surface area contributed by atoms with E-state index in [1.54, 1.807) is 12.1 Å². The highest BCUT2D eigenvalue weighted by Crippen LogP contribution is 2.29. The number of morpholine rings is 1. The van der Waals surface area contributed by atoms with Crippen LogP contribution in [0.3, 0.4) is 0 Å². The molecular weight excluding hydrogens is 312 g/mol. The van der Waals surface area contributed by atoms with Crippen molar-refractivity contribution in [3.8, 4) is 0 Å². The third-order valence-electron chi connectivity index (χ3n) is 3.60. The maximum absolute atomic E-state index is 12.8. The number of nitrogens with two attached hydrogens (primary N) is 1. The van der Waals surface area contributed by atoms with Gasteiger partial charge in [-0.15, -0.1) is 0 Å². The van der Waals surface area contributed by atoms with Gasteiger partial charge in [0.15, 0.2) is 0 Å². The van der Waals surface area contributed by atoms with E-state index in [2.05, 4.69) is 0 Å². The normalized spacial score (nSPS) is 20.9. The fourth-order valence-corrected chi connectivity index (χ4v) is 4.23. The second kappa shape index (κ2) is 6.62. The number of ether oxygens (including phenoxy) is 1. The molecule has 5 nitrogen and oxygen atoms in total. The molecule has 118 valence electrons. The molecule has 1 saturated heterocycles. The summed E-state index contributed by atoms with van der Waals surface area (Å²) in [6.45, 7) is 5.26. The van der Waals surface area contributed by atoms with Crippen LogP contribution in [0.1, 0.15) is 25.3 Å². The topological polar surface area (TPSA) is 72.6 Å². The van der Waals surface area contributed by atoms with E-state index in [0.717, 1.165) is 5.56 Å². The Labute approximate surface area is 131 Å². The Hall–Kier alpha value is -0.660. The van der Waals surface area contributed by atoms with Crippen LogP contribution in [0.4, 0.5) is 0 Å². The third-order valence-corrected chi connectivity index (χ3v) is 5.95. The van der Waals surface area contributed by atoms with Crippen molar-refractivity contribution in [3.63, 3.8) is 0 Å². The van der Waals surface area contributed by atoms with E-state index in [4.69, 9.17) is 22.1 Å². The predicted molar refractivity (Wildman–Crippen MR) is 83.1 cm³/mol. The highest BCUT2D eigenvalue weighted by Gasteiger charge is 2.31. The Kier molecular flexibility index (Phi) is 5.27. The summed E-state index contributed by atoms with van der Waals surface area (Å²) < 4.78 is 32.4. The summed E-state index contributed by atoms with van der Waals surface area (Å²) in [4.78, 5) is 0.160. The molecule has 0 aromatic heterocycles. The zero-order valence-electron chi connectivity index (χ0n) is 12.3. The van der Waals surface area contributed by atoms with E-state index in [9.17, 15) is 8.42 Å². The minimum atomic E-state index is -3.63. The summed E-state index contributed by atoms with van der Waals surface area (Å²) in [5.41, 5.74) is 6.51. The lowest BCUT2D eigenvalue weighted by Gasteiger charge is -2.31. The van der Waals surface area contributed by atoms with Gasteiger partial charge in [-0.3, -0.25) is 0 Å². The average molecular weight is 333 g/mol. The van der Waals surface area contributed by atoms with Gasteiger partial charge in [-0.05, 0) is 23.6 Å². The summed E-state index contributed by atoms with van der Waals surface area (Å²) in [6.07, 6.45) is -0.263. The zero-order chi connectivity index (χ0) is 15.6. The molecule has 1 unspecified atom stereocenters. The molecule has 1 atom stereocenters. The van der Waals surface area contributed by atoms with Gasteiger partial charge in [-0.1, -0.05) is 31.5 Å². The summed E-state index contributed by atoms with van der Waals surface area (Å²) in [6, 6.07) is 5.16. The van der Waals surface area contributed by atoms with Gasteiger partial charge in [0.1, 0.15) is 4.90 Å². The fraction of sp³-hybridized carbons (Fsp3) is 0.571. The van der Waals surface area contributed by atoms with E-state index >= 15 is 0 Å². The standard InChI is InChI=1S/C14H21ClN2O3S/c1-10(2)11-3-4-13(15)14(7-11)21(18,19)17-5-6-20-12(8-16)9-17/h3-4,7,10,12H,5-6,8-9,16H2,1-2H3. The Bertz CT molecular complexity index is 604. The molecule has 1 aliphatic heterocycles. The molecule has 0 aliphatic carbocycles. The van der Waals surface area contributed by atoms with Crippen molar-refractivity contribution in [2.24, 2.45) is 5.73 Å². The molecule has 21 heavy (non-hydrogen) atoms. The molecule has 1 fully saturated rings. The molecule has 7 heteroatoms. The number of halogens is 1. The average Bonchev–Trinajstić information content (AvgIpc) is 2.47. The molecule has 2 N–H and O–H groups in total. The molecule has 0 amide bonds. The van der Waals surface area contributed by atoms with E-state index in [-0.39, 0.29) is 28.5 Å². The van der Waals surface area contributed by atoms with Crippen LogP contribution in [0.25, 0.3) is 0 Å². The largest absolute Gasteiger partial charge is 0.374 e. The van der Waals surface area contributed by atoms with Gasteiger partial charge < -0.3 is 10.5 Å². The van der Waals surface area contributed by atoms with Crippen molar-refractivity contribution in [3.05, 3.63) is 28.8 Å². The van der Waals surface area contributed by atoms with Gasteiger partial charge in [0, 0.05) is 19.6 Å².